The number of nitrogen functional groups attached to an aromatic ring is 1. The van der Waals surface area contributed by atoms with Crippen molar-refractivity contribution in [3.63, 3.8) is 0 Å². The quantitative estimate of drug-likeness (QED) is 0.882. The highest BCUT2D eigenvalue weighted by Gasteiger charge is 2.30. The van der Waals surface area contributed by atoms with Crippen LogP contribution in [0, 0.1) is 5.82 Å². The summed E-state index contributed by atoms with van der Waals surface area (Å²) in [4.78, 5) is 15.7. The van der Waals surface area contributed by atoms with Gasteiger partial charge in [0.15, 0.2) is 0 Å². The van der Waals surface area contributed by atoms with Gasteiger partial charge in [0.2, 0.25) is 0 Å². The van der Waals surface area contributed by atoms with Crippen LogP contribution in [0.2, 0.25) is 0 Å². The van der Waals surface area contributed by atoms with Crippen molar-refractivity contribution >= 4 is 17.4 Å². The average molecular weight is 285 g/mol. The van der Waals surface area contributed by atoms with E-state index in [9.17, 15) is 9.18 Å². The van der Waals surface area contributed by atoms with Gasteiger partial charge in [0.25, 0.3) is 0 Å². The Hall–Kier alpha value is -2.56. The molecule has 0 unspecified atom stereocenters. The summed E-state index contributed by atoms with van der Waals surface area (Å²) in [5, 5.41) is 0. The first-order valence-corrected chi connectivity index (χ1v) is 6.81. The second-order valence-electron chi connectivity index (χ2n) is 5.01. The van der Waals surface area contributed by atoms with Gasteiger partial charge in [0.1, 0.15) is 5.82 Å². The van der Waals surface area contributed by atoms with Crippen molar-refractivity contribution < 1.29 is 9.18 Å². The third-order valence-corrected chi connectivity index (χ3v) is 3.64. The molecule has 1 saturated heterocycles. The molecular weight excluding hydrogens is 269 g/mol. The predicted molar refractivity (Wildman–Crippen MR) is 80.4 cm³/mol. The van der Waals surface area contributed by atoms with E-state index in [1.165, 1.54) is 6.07 Å². The van der Waals surface area contributed by atoms with Gasteiger partial charge in [-0.05, 0) is 18.2 Å². The van der Waals surface area contributed by atoms with Gasteiger partial charge in [0, 0.05) is 18.7 Å². The lowest BCUT2D eigenvalue weighted by Gasteiger charge is -2.20. The normalized spacial score (nSPS) is 14.8. The van der Waals surface area contributed by atoms with Crippen molar-refractivity contribution in [2.24, 2.45) is 0 Å². The molecule has 1 heterocycles. The first kappa shape index (κ1) is 13.4. The molecule has 5 heteroatoms. The number of nitrogens with two attached hydrogens (primary N) is 1. The minimum atomic E-state index is -0.289. The van der Waals surface area contributed by atoms with Crippen LogP contribution in [0.1, 0.15) is 5.56 Å². The summed E-state index contributed by atoms with van der Waals surface area (Å²) in [6.07, 6.45) is 0. The van der Waals surface area contributed by atoms with Crippen LogP contribution in [-0.4, -0.2) is 24.0 Å². The second-order valence-corrected chi connectivity index (χ2v) is 5.01. The molecule has 2 amide bonds. The lowest BCUT2D eigenvalue weighted by molar-refractivity contribution is 0.218. The van der Waals surface area contributed by atoms with Crippen LogP contribution in [-0.2, 0) is 6.54 Å². The van der Waals surface area contributed by atoms with Crippen molar-refractivity contribution in [1.82, 2.24) is 4.90 Å². The molecular formula is C16H16FN3O. The summed E-state index contributed by atoms with van der Waals surface area (Å²) in [6.45, 7) is 1.39. The Morgan fingerprint density at radius 1 is 1.05 bits per heavy atom. The summed E-state index contributed by atoms with van der Waals surface area (Å²) in [7, 11) is 0. The van der Waals surface area contributed by atoms with Crippen molar-refractivity contribution in [2.45, 2.75) is 6.54 Å². The molecule has 108 valence electrons. The summed E-state index contributed by atoms with van der Waals surface area (Å²) in [5.41, 5.74) is 7.71. The van der Waals surface area contributed by atoms with Crippen molar-refractivity contribution in [1.29, 1.82) is 0 Å². The molecule has 21 heavy (non-hydrogen) atoms. The van der Waals surface area contributed by atoms with E-state index in [4.69, 9.17) is 5.73 Å². The van der Waals surface area contributed by atoms with Gasteiger partial charge in [-0.1, -0.05) is 30.3 Å². The Morgan fingerprint density at radius 2 is 1.76 bits per heavy atom. The fourth-order valence-corrected chi connectivity index (χ4v) is 2.52. The van der Waals surface area contributed by atoms with Crippen LogP contribution in [0.25, 0.3) is 0 Å². The highest BCUT2D eigenvalue weighted by Crippen LogP contribution is 2.27. The number of hydrogen-bond donors (Lipinski definition) is 1. The van der Waals surface area contributed by atoms with Crippen molar-refractivity contribution in [2.75, 3.05) is 23.7 Å². The molecule has 0 aromatic heterocycles. The minimum Gasteiger partial charge on any atom is -0.397 e. The minimum absolute atomic E-state index is 0.142. The Balaban J connectivity index is 1.78. The standard InChI is InChI=1S/C16H16FN3O/c17-13-6-2-1-5-12(13)11-19-9-10-20(16(19)21)15-8-4-3-7-14(15)18/h1-8H,9-11,18H2. The number of amides is 2. The Kier molecular flexibility index (Phi) is 3.48. The number of para-hydroxylation sites is 2. The van der Waals surface area contributed by atoms with E-state index >= 15 is 0 Å². The predicted octanol–water partition coefficient (Wildman–Crippen LogP) is 2.85. The maximum absolute atomic E-state index is 13.7. The van der Waals surface area contributed by atoms with Crippen LogP contribution in [0.3, 0.4) is 0 Å². The molecule has 0 atom stereocenters. The number of benzene rings is 2. The molecule has 2 aromatic carbocycles. The molecule has 1 aliphatic rings. The smallest absolute Gasteiger partial charge is 0.324 e. The lowest BCUT2D eigenvalue weighted by Crippen LogP contribution is -2.32. The zero-order chi connectivity index (χ0) is 14.8. The topological polar surface area (TPSA) is 49.6 Å². The van der Waals surface area contributed by atoms with E-state index in [1.807, 2.05) is 18.2 Å². The van der Waals surface area contributed by atoms with Crippen LogP contribution >= 0.6 is 0 Å². The number of urea groups is 1. The van der Waals surface area contributed by atoms with E-state index in [0.29, 0.717) is 30.0 Å². The summed E-state index contributed by atoms with van der Waals surface area (Å²) >= 11 is 0. The highest BCUT2D eigenvalue weighted by molar-refractivity contribution is 5.97. The molecule has 4 nitrogen and oxygen atoms in total. The third-order valence-electron chi connectivity index (χ3n) is 3.64. The molecule has 0 aliphatic carbocycles. The maximum atomic E-state index is 13.7. The molecule has 2 aromatic rings. The van der Waals surface area contributed by atoms with E-state index < -0.39 is 0 Å². The van der Waals surface area contributed by atoms with Gasteiger partial charge < -0.3 is 10.6 Å². The zero-order valence-electron chi connectivity index (χ0n) is 11.5. The molecule has 2 N–H and O–H groups in total. The summed E-state index contributed by atoms with van der Waals surface area (Å²) in [6, 6.07) is 13.6. The van der Waals surface area contributed by atoms with Gasteiger partial charge in [0.05, 0.1) is 17.9 Å². The molecule has 0 saturated carbocycles. The SMILES string of the molecule is Nc1ccccc1N1CCN(Cc2ccccc2F)C1=O. The fraction of sp³-hybridized carbons (Fsp3) is 0.188. The molecule has 0 spiro atoms. The van der Waals surface area contributed by atoms with E-state index in [0.717, 1.165) is 0 Å². The maximum Gasteiger partial charge on any atom is 0.324 e. The van der Waals surface area contributed by atoms with Gasteiger partial charge in [-0.2, -0.15) is 0 Å². The van der Waals surface area contributed by atoms with Crippen molar-refractivity contribution in [3.05, 3.63) is 59.9 Å². The Morgan fingerprint density at radius 3 is 2.52 bits per heavy atom. The molecule has 1 fully saturated rings. The van der Waals surface area contributed by atoms with Gasteiger partial charge in [-0.3, -0.25) is 4.90 Å². The zero-order valence-corrected chi connectivity index (χ0v) is 11.5. The highest BCUT2D eigenvalue weighted by atomic mass is 19.1. The first-order valence-electron chi connectivity index (χ1n) is 6.81. The lowest BCUT2D eigenvalue weighted by atomic mass is 10.2. The Labute approximate surface area is 122 Å². The van der Waals surface area contributed by atoms with E-state index in [2.05, 4.69) is 0 Å². The van der Waals surface area contributed by atoms with Gasteiger partial charge in [-0.25, -0.2) is 9.18 Å². The monoisotopic (exact) mass is 285 g/mol. The summed E-state index contributed by atoms with van der Waals surface area (Å²) < 4.78 is 13.7. The van der Waals surface area contributed by atoms with E-state index in [-0.39, 0.29) is 18.4 Å². The molecule has 1 aliphatic heterocycles. The third kappa shape index (κ3) is 2.54. The first-order chi connectivity index (χ1) is 10.2. The van der Waals surface area contributed by atoms with E-state index in [1.54, 1.807) is 34.1 Å². The number of carbonyl (C=O) groups excluding carboxylic acids is 1. The number of hydrogen-bond acceptors (Lipinski definition) is 2. The van der Waals surface area contributed by atoms with Crippen LogP contribution in [0.5, 0.6) is 0 Å². The second kappa shape index (κ2) is 5.44. The molecule has 3 rings (SSSR count). The average Bonchev–Trinajstić information content (AvgIpc) is 2.83. The molecule has 0 radical (unpaired) electrons. The van der Waals surface area contributed by atoms with Crippen LogP contribution in [0.4, 0.5) is 20.6 Å². The fourth-order valence-electron chi connectivity index (χ4n) is 2.52. The van der Waals surface area contributed by atoms with Crippen molar-refractivity contribution in [3.8, 4) is 0 Å². The number of rotatable bonds is 3. The molecule has 0 bridgehead atoms. The largest absolute Gasteiger partial charge is 0.397 e. The number of anilines is 2. The summed E-state index contributed by atoms with van der Waals surface area (Å²) in [5.74, 6) is -0.289. The number of nitrogens with zero attached hydrogens (tertiary/aromatic N) is 2. The van der Waals surface area contributed by atoms with Gasteiger partial charge in [-0.15, -0.1) is 0 Å². The number of carbonyl (C=O) groups is 1. The Bertz CT molecular complexity index is 674. The van der Waals surface area contributed by atoms with Crippen LogP contribution in [0.15, 0.2) is 48.5 Å². The van der Waals surface area contributed by atoms with Gasteiger partial charge >= 0.3 is 6.03 Å². The van der Waals surface area contributed by atoms with Crippen LogP contribution < -0.4 is 10.6 Å². The number of halogens is 1.